The molecule has 0 radical (unpaired) electrons. The first kappa shape index (κ1) is 17.3. The van der Waals surface area contributed by atoms with Gasteiger partial charge in [-0.2, -0.15) is 0 Å². The van der Waals surface area contributed by atoms with E-state index >= 15 is 0 Å². The summed E-state index contributed by atoms with van der Waals surface area (Å²) in [5.41, 5.74) is 0. The Hall–Kier alpha value is -1.75. The van der Waals surface area contributed by atoms with E-state index in [4.69, 9.17) is 21.1 Å². The first-order valence-corrected chi connectivity index (χ1v) is 7.15. The molecule has 6 heteroatoms. The van der Waals surface area contributed by atoms with Crippen molar-refractivity contribution in [3.05, 3.63) is 29.3 Å². The smallest absolute Gasteiger partial charge is 0.307 e. The average Bonchev–Trinajstić information content (AvgIpc) is 2.37. The summed E-state index contributed by atoms with van der Waals surface area (Å²) in [7, 11) is 0. The Balaban J connectivity index is 2.33. The minimum atomic E-state index is -0.676. The highest BCUT2D eigenvalue weighted by Crippen LogP contribution is 2.18. The Kier molecular flexibility index (Phi) is 7.02. The third kappa shape index (κ3) is 6.99. The van der Waals surface area contributed by atoms with Crippen LogP contribution in [0.15, 0.2) is 24.3 Å². The van der Waals surface area contributed by atoms with Crippen molar-refractivity contribution in [2.24, 2.45) is 0 Å². The van der Waals surface area contributed by atoms with Gasteiger partial charge in [0.25, 0.3) is 5.91 Å². The van der Waals surface area contributed by atoms with E-state index in [9.17, 15) is 9.59 Å². The third-order valence-corrected chi connectivity index (χ3v) is 2.71. The van der Waals surface area contributed by atoms with Gasteiger partial charge in [-0.05, 0) is 39.0 Å². The van der Waals surface area contributed by atoms with Gasteiger partial charge >= 0.3 is 5.97 Å². The zero-order chi connectivity index (χ0) is 15.8. The first-order chi connectivity index (χ1) is 9.88. The number of hydrogen-bond donors (Lipinski definition) is 1. The van der Waals surface area contributed by atoms with Crippen LogP contribution in [0.1, 0.15) is 27.2 Å². The summed E-state index contributed by atoms with van der Waals surface area (Å²) in [6.45, 7) is 5.39. The second-order valence-electron chi connectivity index (χ2n) is 4.80. The summed E-state index contributed by atoms with van der Waals surface area (Å²) in [5, 5.41) is 3.16. The molecule has 0 heterocycles. The van der Waals surface area contributed by atoms with Gasteiger partial charge in [0.05, 0.1) is 12.5 Å². The molecule has 0 aliphatic carbocycles. The van der Waals surface area contributed by atoms with Crippen LogP contribution in [0.5, 0.6) is 5.75 Å². The predicted octanol–water partition coefficient (Wildman–Crippen LogP) is 2.57. The van der Waals surface area contributed by atoms with Gasteiger partial charge in [-0.1, -0.05) is 17.7 Å². The molecule has 1 amide bonds. The van der Waals surface area contributed by atoms with Crippen molar-refractivity contribution in [2.75, 3.05) is 6.54 Å². The van der Waals surface area contributed by atoms with Crippen molar-refractivity contribution >= 4 is 23.5 Å². The monoisotopic (exact) mass is 313 g/mol. The van der Waals surface area contributed by atoms with Gasteiger partial charge in [-0.15, -0.1) is 0 Å². The Bertz CT molecular complexity index is 490. The highest BCUT2D eigenvalue weighted by Gasteiger charge is 2.15. The lowest BCUT2D eigenvalue weighted by atomic mass is 10.3. The number of carbonyl (C=O) groups is 2. The molecule has 0 spiro atoms. The van der Waals surface area contributed by atoms with Crippen LogP contribution >= 0.6 is 11.6 Å². The first-order valence-electron chi connectivity index (χ1n) is 6.78. The molecule has 1 unspecified atom stereocenters. The van der Waals surface area contributed by atoms with Crippen molar-refractivity contribution in [3.63, 3.8) is 0 Å². The average molecular weight is 314 g/mol. The summed E-state index contributed by atoms with van der Waals surface area (Å²) >= 11 is 5.84. The summed E-state index contributed by atoms with van der Waals surface area (Å²) in [6.07, 6.45) is -0.698. The summed E-state index contributed by atoms with van der Waals surface area (Å²) in [4.78, 5) is 23.1. The topological polar surface area (TPSA) is 64.6 Å². The number of benzene rings is 1. The standard InChI is InChI=1S/C15H20ClNO4/c1-10(2)20-14(18)7-8-17-15(19)11(3)21-13-6-4-5-12(16)9-13/h4-6,9-11H,7-8H2,1-3H3,(H,17,19). The molecule has 0 fully saturated rings. The van der Waals surface area contributed by atoms with Crippen LogP contribution in [0.4, 0.5) is 0 Å². The Morgan fingerprint density at radius 3 is 2.62 bits per heavy atom. The second kappa shape index (κ2) is 8.52. The highest BCUT2D eigenvalue weighted by molar-refractivity contribution is 6.30. The van der Waals surface area contributed by atoms with Crippen LogP contribution in [-0.2, 0) is 14.3 Å². The molecule has 5 nitrogen and oxygen atoms in total. The zero-order valence-corrected chi connectivity index (χ0v) is 13.1. The molecule has 21 heavy (non-hydrogen) atoms. The van der Waals surface area contributed by atoms with Gasteiger partial charge in [0.1, 0.15) is 5.75 Å². The SMILES string of the molecule is CC(C)OC(=O)CCNC(=O)C(C)Oc1cccc(Cl)c1. The lowest BCUT2D eigenvalue weighted by Gasteiger charge is -2.15. The molecule has 116 valence electrons. The summed E-state index contributed by atoms with van der Waals surface area (Å²) < 4.78 is 10.4. The lowest BCUT2D eigenvalue weighted by Crippen LogP contribution is -2.37. The molecule has 0 bridgehead atoms. The predicted molar refractivity (Wildman–Crippen MR) is 80.4 cm³/mol. The van der Waals surface area contributed by atoms with E-state index in [2.05, 4.69) is 5.32 Å². The van der Waals surface area contributed by atoms with E-state index in [0.29, 0.717) is 10.8 Å². The van der Waals surface area contributed by atoms with Crippen molar-refractivity contribution < 1.29 is 19.1 Å². The van der Waals surface area contributed by atoms with Gasteiger partial charge in [-0.3, -0.25) is 9.59 Å². The normalized spacial score (nSPS) is 11.9. The maximum atomic E-state index is 11.8. The van der Waals surface area contributed by atoms with Crippen LogP contribution in [0.3, 0.4) is 0 Å². The highest BCUT2D eigenvalue weighted by atomic mass is 35.5. The Morgan fingerprint density at radius 1 is 1.29 bits per heavy atom. The summed E-state index contributed by atoms with van der Waals surface area (Å²) in [6, 6.07) is 6.81. The molecule has 1 rings (SSSR count). The van der Waals surface area contributed by atoms with Gasteiger partial charge in [0.15, 0.2) is 6.10 Å². The minimum absolute atomic E-state index is 0.133. The molecular weight excluding hydrogens is 294 g/mol. The Labute approximate surface area is 129 Å². The fourth-order valence-corrected chi connectivity index (χ4v) is 1.73. The fourth-order valence-electron chi connectivity index (χ4n) is 1.55. The number of hydrogen-bond acceptors (Lipinski definition) is 4. The molecular formula is C15H20ClNO4. The number of rotatable bonds is 7. The summed E-state index contributed by atoms with van der Waals surface area (Å²) in [5.74, 6) is -0.120. The molecule has 0 aliphatic heterocycles. The van der Waals surface area contributed by atoms with Crippen LogP contribution in [0.25, 0.3) is 0 Å². The largest absolute Gasteiger partial charge is 0.481 e. The fraction of sp³-hybridized carbons (Fsp3) is 0.467. The van der Waals surface area contributed by atoms with E-state index in [1.807, 2.05) is 0 Å². The van der Waals surface area contributed by atoms with Crippen molar-refractivity contribution in [1.82, 2.24) is 5.32 Å². The van der Waals surface area contributed by atoms with E-state index in [-0.39, 0.29) is 30.9 Å². The molecule has 1 aromatic carbocycles. The maximum absolute atomic E-state index is 11.8. The number of ether oxygens (including phenoxy) is 2. The van der Waals surface area contributed by atoms with Gasteiger partial charge in [0.2, 0.25) is 0 Å². The third-order valence-electron chi connectivity index (χ3n) is 2.47. The quantitative estimate of drug-likeness (QED) is 0.786. The van der Waals surface area contributed by atoms with E-state index < -0.39 is 6.10 Å². The van der Waals surface area contributed by atoms with E-state index in [0.717, 1.165) is 0 Å². The van der Waals surface area contributed by atoms with Gasteiger partial charge in [0, 0.05) is 11.6 Å². The molecule has 0 aromatic heterocycles. The van der Waals surface area contributed by atoms with Crippen LogP contribution in [0.2, 0.25) is 5.02 Å². The second-order valence-corrected chi connectivity index (χ2v) is 5.23. The van der Waals surface area contributed by atoms with Gasteiger partial charge < -0.3 is 14.8 Å². The molecule has 0 saturated heterocycles. The molecule has 0 aliphatic rings. The molecule has 1 aromatic rings. The van der Waals surface area contributed by atoms with Crippen molar-refractivity contribution in [2.45, 2.75) is 39.4 Å². The maximum Gasteiger partial charge on any atom is 0.307 e. The number of nitrogens with one attached hydrogen (secondary N) is 1. The van der Waals surface area contributed by atoms with Gasteiger partial charge in [-0.25, -0.2) is 0 Å². The number of esters is 1. The number of halogens is 1. The van der Waals surface area contributed by atoms with Crippen LogP contribution in [0, 0.1) is 0 Å². The Morgan fingerprint density at radius 2 is 2.00 bits per heavy atom. The van der Waals surface area contributed by atoms with Crippen molar-refractivity contribution in [1.29, 1.82) is 0 Å². The van der Waals surface area contributed by atoms with Crippen LogP contribution in [-0.4, -0.2) is 30.6 Å². The van der Waals surface area contributed by atoms with E-state index in [1.54, 1.807) is 45.0 Å². The number of carbonyl (C=O) groups excluding carboxylic acids is 2. The molecule has 1 N–H and O–H groups in total. The lowest BCUT2D eigenvalue weighted by molar-refractivity contribution is -0.147. The molecule has 0 saturated carbocycles. The number of amides is 1. The van der Waals surface area contributed by atoms with Crippen molar-refractivity contribution in [3.8, 4) is 5.75 Å². The van der Waals surface area contributed by atoms with E-state index in [1.165, 1.54) is 0 Å². The van der Waals surface area contributed by atoms with Crippen LogP contribution < -0.4 is 10.1 Å². The molecule has 1 atom stereocenters. The minimum Gasteiger partial charge on any atom is -0.481 e. The zero-order valence-electron chi connectivity index (χ0n) is 12.4.